The summed E-state index contributed by atoms with van der Waals surface area (Å²) in [5, 5.41) is 19.6. The molecular formula is C18H10ClN3O4S2. The summed E-state index contributed by atoms with van der Waals surface area (Å²) in [6.07, 6.45) is 3.12. The van der Waals surface area contributed by atoms with E-state index in [1.807, 2.05) is 0 Å². The topological polar surface area (TPSA) is 107 Å². The monoisotopic (exact) mass is 431 g/mol. The number of carbonyl (C=O) groups excluding carboxylic acids is 1. The van der Waals surface area contributed by atoms with E-state index in [0.717, 1.165) is 11.8 Å². The van der Waals surface area contributed by atoms with E-state index in [-0.39, 0.29) is 21.7 Å². The number of thiazole rings is 1. The van der Waals surface area contributed by atoms with Gasteiger partial charge in [-0.1, -0.05) is 11.6 Å². The molecule has 2 aromatic heterocycles. The number of nitrogens with one attached hydrogen (secondary N) is 1. The van der Waals surface area contributed by atoms with Crippen molar-refractivity contribution in [3.8, 4) is 11.3 Å². The zero-order chi connectivity index (χ0) is 19.8. The van der Waals surface area contributed by atoms with Gasteiger partial charge in [0.25, 0.3) is 5.91 Å². The maximum absolute atomic E-state index is 12.6. The quantitative estimate of drug-likeness (QED) is 0.574. The number of nitrogens with zero attached hydrogens (tertiary/aromatic N) is 2. The molecule has 7 nitrogen and oxygen atoms in total. The number of carboxylic acids is 1. The van der Waals surface area contributed by atoms with Crippen molar-refractivity contribution in [2.75, 3.05) is 4.90 Å². The van der Waals surface area contributed by atoms with E-state index in [0.29, 0.717) is 27.1 Å². The molecule has 0 atom stereocenters. The molecule has 1 aliphatic heterocycles. The number of hydrogen-bond donors (Lipinski definition) is 2. The molecule has 1 amide bonds. The van der Waals surface area contributed by atoms with E-state index < -0.39 is 5.97 Å². The first-order valence-electron chi connectivity index (χ1n) is 7.79. The summed E-state index contributed by atoms with van der Waals surface area (Å²) in [5.74, 6) is -0.628. The molecule has 0 bridgehead atoms. The Balaban J connectivity index is 1.62. The first-order valence-corrected chi connectivity index (χ1v) is 9.86. The molecule has 3 aromatic rings. The van der Waals surface area contributed by atoms with Crippen molar-refractivity contribution in [1.82, 2.24) is 4.98 Å². The van der Waals surface area contributed by atoms with Crippen LogP contribution in [0.1, 0.15) is 16.1 Å². The van der Waals surface area contributed by atoms with Gasteiger partial charge in [0.15, 0.2) is 10.3 Å². The molecule has 1 saturated heterocycles. The number of anilines is 1. The van der Waals surface area contributed by atoms with Crippen LogP contribution in [0, 0.1) is 5.41 Å². The lowest BCUT2D eigenvalue weighted by molar-refractivity contribution is -0.113. The highest BCUT2D eigenvalue weighted by Crippen LogP contribution is 2.36. The molecule has 0 unspecified atom stereocenters. The molecule has 0 spiro atoms. The van der Waals surface area contributed by atoms with E-state index in [4.69, 9.17) is 21.4 Å². The summed E-state index contributed by atoms with van der Waals surface area (Å²) >= 11 is 8.19. The molecule has 2 N–H and O–H groups in total. The zero-order valence-electron chi connectivity index (χ0n) is 13.9. The number of amides is 1. The van der Waals surface area contributed by atoms with Crippen molar-refractivity contribution in [3.63, 3.8) is 0 Å². The van der Waals surface area contributed by atoms with Gasteiger partial charge in [-0.15, -0.1) is 11.3 Å². The van der Waals surface area contributed by atoms with Crippen molar-refractivity contribution in [1.29, 1.82) is 5.41 Å². The number of hydrogen-bond acceptors (Lipinski definition) is 7. The fourth-order valence-corrected chi connectivity index (χ4v) is 4.27. The van der Waals surface area contributed by atoms with E-state index in [2.05, 4.69) is 4.98 Å². The molecule has 1 aromatic carbocycles. The summed E-state index contributed by atoms with van der Waals surface area (Å²) in [5.41, 5.74) is 0.526. The SMILES string of the molecule is N=C1S/C(=C\c2ccc(-c3ccc(Cl)c(C(=O)O)c3)o2)C(=O)N1c1nccs1. The second kappa shape index (κ2) is 7.27. The normalized spacial score (nSPS) is 15.6. The Hall–Kier alpha value is -2.88. The van der Waals surface area contributed by atoms with E-state index >= 15 is 0 Å². The Morgan fingerprint density at radius 2 is 2.14 bits per heavy atom. The van der Waals surface area contributed by atoms with Gasteiger partial charge in [-0.2, -0.15) is 0 Å². The van der Waals surface area contributed by atoms with Crippen LogP contribution in [0.25, 0.3) is 17.4 Å². The highest BCUT2D eigenvalue weighted by Gasteiger charge is 2.35. The average Bonchev–Trinajstić information content (AvgIpc) is 3.38. The number of benzene rings is 1. The van der Waals surface area contributed by atoms with Crippen molar-refractivity contribution in [2.24, 2.45) is 0 Å². The van der Waals surface area contributed by atoms with Crippen LogP contribution in [0.15, 0.2) is 51.2 Å². The van der Waals surface area contributed by atoms with Crippen LogP contribution in [-0.2, 0) is 4.79 Å². The molecule has 0 saturated carbocycles. The van der Waals surface area contributed by atoms with Crippen molar-refractivity contribution < 1.29 is 19.1 Å². The highest BCUT2D eigenvalue weighted by atomic mass is 35.5. The number of aromatic nitrogens is 1. The van der Waals surface area contributed by atoms with Crippen LogP contribution in [0.4, 0.5) is 5.13 Å². The third-order valence-corrected chi connectivity index (χ3v) is 5.79. The molecule has 0 radical (unpaired) electrons. The summed E-state index contributed by atoms with van der Waals surface area (Å²) in [7, 11) is 0. The Morgan fingerprint density at radius 1 is 1.32 bits per heavy atom. The number of aromatic carboxylic acids is 1. The summed E-state index contributed by atoms with van der Waals surface area (Å²) in [6.45, 7) is 0. The van der Waals surface area contributed by atoms with Gasteiger partial charge in [-0.25, -0.2) is 14.7 Å². The lowest BCUT2D eigenvalue weighted by Crippen LogP contribution is -2.27. The van der Waals surface area contributed by atoms with Crippen LogP contribution in [0.2, 0.25) is 5.02 Å². The predicted molar refractivity (Wildman–Crippen MR) is 109 cm³/mol. The van der Waals surface area contributed by atoms with E-state index in [1.165, 1.54) is 28.4 Å². The van der Waals surface area contributed by atoms with Gasteiger partial charge in [0.2, 0.25) is 0 Å². The zero-order valence-corrected chi connectivity index (χ0v) is 16.3. The molecule has 3 heterocycles. The second-order valence-corrected chi connectivity index (χ2v) is 7.88. The number of furan rings is 1. The fraction of sp³-hybridized carbons (Fsp3) is 0. The molecule has 0 aliphatic carbocycles. The minimum Gasteiger partial charge on any atom is -0.478 e. The van der Waals surface area contributed by atoms with E-state index in [1.54, 1.807) is 35.9 Å². The third-order valence-electron chi connectivity index (χ3n) is 3.82. The lowest BCUT2D eigenvalue weighted by Gasteiger charge is -2.08. The number of carbonyl (C=O) groups is 2. The van der Waals surface area contributed by atoms with Crippen LogP contribution in [0.5, 0.6) is 0 Å². The van der Waals surface area contributed by atoms with Crippen molar-refractivity contribution >= 4 is 63.0 Å². The number of carboxylic acid groups (broad SMARTS) is 1. The second-order valence-electron chi connectivity index (χ2n) is 5.57. The standard InChI is InChI=1S/C18H10ClN3O4S2/c19-12-3-1-9(7-11(12)16(24)25)13-4-2-10(26-13)8-14-15(23)22(17(20)28-14)18-21-5-6-27-18/h1-8,20H,(H,24,25)/b14-8-,20-17?. The first kappa shape index (κ1) is 18.5. The fourth-order valence-electron chi connectivity index (χ4n) is 2.54. The maximum Gasteiger partial charge on any atom is 0.337 e. The number of amidine groups is 1. The number of rotatable bonds is 4. The molecule has 10 heteroatoms. The van der Waals surface area contributed by atoms with Crippen LogP contribution < -0.4 is 4.90 Å². The maximum atomic E-state index is 12.6. The highest BCUT2D eigenvalue weighted by molar-refractivity contribution is 8.19. The van der Waals surface area contributed by atoms with Gasteiger partial charge >= 0.3 is 5.97 Å². The van der Waals surface area contributed by atoms with Gasteiger partial charge in [0.1, 0.15) is 11.5 Å². The Bertz CT molecular complexity index is 1140. The van der Waals surface area contributed by atoms with Crippen LogP contribution in [0.3, 0.4) is 0 Å². The summed E-state index contributed by atoms with van der Waals surface area (Å²) < 4.78 is 5.74. The minimum absolute atomic E-state index is 0.0236. The molecule has 1 fully saturated rings. The van der Waals surface area contributed by atoms with Gasteiger partial charge in [0.05, 0.1) is 15.5 Å². The van der Waals surface area contributed by atoms with Crippen LogP contribution >= 0.6 is 34.7 Å². The summed E-state index contributed by atoms with van der Waals surface area (Å²) in [4.78, 5) is 29.5. The van der Waals surface area contributed by atoms with Gasteiger partial charge in [-0.3, -0.25) is 10.2 Å². The minimum atomic E-state index is -1.13. The Morgan fingerprint density at radius 3 is 2.86 bits per heavy atom. The summed E-state index contributed by atoms with van der Waals surface area (Å²) in [6, 6.07) is 7.91. The number of thioether (sulfide) groups is 1. The van der Waals surface area contributed by atoms with Gasteiger partial charge < -0.3 is 9.52 Å². The van der Waals surface area contributed by atoms with Crippen LogP contribution in [-0.4, -0.2) is 27.1 Å². The Labute approximate surface area is 171 Å². The third kappa shape index (κ3) is 3.35. The molecule has 28 heavy (non-hydrogen) atoms. The Kier molecular flexibility index (Phi) is 4.80. The van der Waals surface area contributed by atoms with Gasteiger partial charge in [0, 0.05) is 23.2 Å². The smallest absolute Gasteiger partial charge is 0.337 e. The van der Waals surface area contributed by atoms with Crippen molar-refractivity contribution in [3.05, 3.63) is 63.2 Å². The average molecular weight is 432 g/mol. The molecular weight excluding hydrogens is 422 g/mol. The largest absolute Gasteiger partial charge is 0.478 e. The first-order chi connectivity index (χ1) is 13.4. The molecule has 140 valence electrons. The van der Waals surface area contributed by atoms with Crippen molar-refractivity contribution in [2.45, 2.75) is 0 Å². The molecule has 1 aliphatic rings. The predicted octanol–water partition coefficient (Wildman–Crippen LogP) is 4.81. The molecule has 4 rings (SSSR count). The number of halogens is 1. The van der Waals surface area contributed by atoms with E-state index in [9.17, 15) is 14.7 Å². The van der Waals surface area contributed by atoms with Gasteiger partial charge in [-0.05, 0) is 42.1 Å². The lowest BCUT2D eigenvalue weighted by atomic mass is 10.1.